The van der Waals surface area contributed by atoms with Gasteiger partial charge in [0.25, 0.3) is 5.91 Å². The van der Waals surface area contributed by atoms with Crippen LogP contribution in [0.2, 0.25) is 0 Å². The van der Waals surface area contributed by atoms with Gasteiger partial charge in [-0.1, -0.05) is 44.4 Å². The van der Waals surface area contributed by atoms with Crippen molar-refractivity contribution in [2.24, 2.45) is 11.8 Å². The van der Waals surface area contributed by atoms with Gasteiger partial charge in [-0.15, -0.1) is 0 Å². The van der Waals surface area contributed by atoms with Gasteiger partial charge in [-0.05, 0) is 98.3 Å². The van der Waals surface area contributed by atoms with Crippen LogP contribution < -0.4 is 5.32 Å². The average Bonchev–Trinajstić information content (AvgIpc) is 3.51. The number of carbonyl (C=O) groups is 1. The molecule has 1 saturated heterocycles. The molecule has 1 aliphatic heterocycles. The minimum atomic E-state index is -1.10. The standard InChI is InChI=1S/C39H53N7O2/c1-23-12-13-30-17-31(37(47)45(10)11)14-15-34(30)39(38(42)48-22-41,35(23)25(3)16-24(2)29(7)44(8)9)19-26(4)43-21-27(5)46-32(20-40)18-33-28(6)36(33)46/h14-17,22,26,28,32-33,36,41-43H,2,5,7,12-13,18-19,21H2,1,3-4,6,8-11H3/b25-16-,41-22?,42-38?/t26-,28?,32?,33?,36?,39?/m1/s1. The zero-order chi connectivity index (χ0) is 35.7. The molecule has 2 aliphatic carbocycles. The van der Waals surface area contributed by atoms with E-state index < -0.39 is 5.41 Å². The Morgan fingerprint density at radius 3 is 2.52 bits per heavy atom. The van der Waals surface area contributed by atoms with Crippen molar-refractivity contribution in [1.29, 1.82) is 16.1 Å². The first-order valence-electron chi connectivity index (χ1n) is 16.7. The van der Waals surface area contributed by atoms with Crippen molar-refractivity contribution in [2.45, 2.75) is 76.9 Å². The van der Waals surface area contributed by atoms with Crippen LogP contribution in [0.4, 0.5) is 0 Å². The van der Waals surface area contributed by atoms with Crippen LogP contribution in [0.3, 0.4) is 0 Å². The Kier molecular flexibility index (Phi) is 10.9. The maximum atomic E-state index is 13.1. The number of hydrogen-bond acceptors (Lipinski definition) is 8. The highest BCUT2D eigenvalue weighted by Gasteiger charge is 2.58. The zero-order valence-corrected chi connectivity index (χ0v) is 30.0. The van der Waals surface area contributed by atoms with Crippen molar-refractivity contribution in [3.63, 3.8) is 0 Å². The lowest BCUT2D eigenvalue weighted by molar-refractivity contribution is 0.0827. The number of hydrogen-bond donors (Lipinski definition) is 3. The van der Waals surface area contributed by atoms with Gasteiger partial charge < -0.3 is 24.8 Å². The van der Waals surface area contributed by atoms with Gasteiger partial charge in [0.15, 0.2) is 6.40 Å². The predicted molar refractivity (Wildman–Crippen MR) is 194 cm³/mol. The van der Waals surface area contributed by atoms with E-state index in [2.05, 4.69) is 56.8 Å². The maximum Gasteiger partial charge on any atom is 0.253 e. The van der Waals surface area contributed by atoms with Gasteiger partial charge in [-0.3, -0.25) is 15.6 Å². The zero-order valence-electron chi connectivity index (χ0n) is 30.0. The first-order chi connectivity index (χ1) is 22.6. The molecule has 0 bridgehead atoms. The molecule has 256 valence electrons. The summed E-state index contributed by atoms with van der Waals surface area (Å²) in [4.78, 5) is 18.8. The number of aryl methyl sites for hydroxylation is 1. The second kappa shape index (κ2) is 14.4. The molecule has 1 saturated carbocycles. The van der Waals surface area contributed by atoms with Crippen molar-refractivity contribution in [3.8, 4) is 6.07 Å². The summed E-state index contributed by atoms with van der Waals surface area (Å²) in [6, 6.07) is 8.31. The van der Waals surface area contributed by atoms with E-state index in [0.717, 1.165) is 64.1 Å². The number of allylic oxidation sites excluding steroid dienone is 3. The number of nitrogens with one attached hydrogen (secondary N) is 3. The van der Waals surface area contributed by atoms with Crippen LogP contribution in [0.15, 0.2) is 77.7 Å². The summed E-state index contributed by atoms with van der Waals surface area (Å²) >= 11 is 0. The largest absolute Gasteiger partial charge is 0.431 e. The Labute approximate surface area is 287 Å². The fraction of sp³-hybridized carbons (Fsp3) is 0.487. The molecule has 5 unspecified atom stereocenters. The van der Waals surface area contributed by atoms with Crippen LogP contribution in [-0.4, -0.2) is 85.8 Å². The molecule has 9 heteroatoms. The Balaban J connectivity index is 1.82. The van der Waals surface area contributed by atoms with E-state index in [0.29, 0.717) is 42.8 Å². The molecule has 1 aromatic rings. The molecular formula is C39H53N7O2. The van der Waals surface area contributed by atoms with Crippen LogP contribution in [0.5, 0.6) is 0 Å². The van der Waals surface area contributed by atoms with Crippen LogP contribution in [-0.2, 0) is 16.6 Å². The smallest absolute Gasteiger partial charge is 0.253 e. The molecule has 4 rings (SSSR count). The van der Waals surface area contributed by atoms with E-state index in [1.165, 1.54) is 0 Å². The number of benzene rings is 1. The summed E-state index contributed by atoms with van der Waals surface area (Å²) in [5, 5.41) is 30.9. The molecule has 1 aromatic carbocycles. The predicted octanol–water partition coefficient (Wildman–Crippen LogP) is 6.18. The fourth-order valence-corrected chi connectivity index (χ4v) is 8.01. The third-order valence-corrected chi connectivity index (χ3v) is 10.5. The Morgan fingerprint density at radius 1 is 1.23 bits per heavy atom. The number of carbonyl (C=O) groups excluding carboxylic acids is 1. The number of fused-ring (bicyclic) bond motifs is 2. The summed E-state index contributed by atoms with van der Waals surface area (Å²) in [5.41, 5.74) is 6.76. The molecule has 9 nitrogen and oxygen atoms in total. The summed E-state index contributed by atoms with van der Waals surface area (Å²) in [6.07, 6.45) is 5.56. The van der Waals surface area contributed by atoms with Gasteiger partial charge in [0, 0.05) is 63.8 Å². The van der Waals surface area contributed by atoms with Crippen LogP contribution in [0.1, 0.15) is 68.4 Å². The first kappa shape index (κ1) is 36.4. The van der Waals surface area contributed by atoms with Gasteiger partial charge in [-0.25, -0.2) is 0 Å². The lowest BCUT2D eigenvalue weighted by Gasteiger charge is -2.40. The highest BCUT2D eigenvalue weighted by molar-refractivity contribution is 5.97. The van der Waals surface area contributed by atoms with Gasteiger partial charge >= 0.3 is 0 Å². The Bertz CT molecular complexity index is 1630. The topological polar surface area (TPSA) is 120 Å². The van der Waals surface area contributed by atoms with Crippen LogP contribution >= 0.6 is 0 Å². The molecular weight excluding hydrogens is 598 g/mol. The van der Waals surface area contributed by atoms with E-state index in [1.54, 1.807) is 19.0 Å². The number of likely N-dealkylation sites (N-methyl/N-ethyl adjacent to an activating group) is 1. The minimum Gasteiger partial charge on any atom is -0.431 e. The minimum absolute atomic E-state index is 0.0577. The second-order valence-corrected chi connectivity index (χ2v) is 14.2. The van der Waals surface area contributed by atoms with Gasteiger partial charge in [-0.2, -0.15) is 5.26 Å². The number of ether oxygens (including phenoxy) is 1. The molecule has 48 heavy (non-hydrogen) atoms. The van der Waals surface area contributed by atoms with Crippen molar-refractivity contribution in [3.05, 3.63) is 94.4 Å². The Morgan fingerprint density at radius 2 is 1.92 bits per heavy atom. The van der Waals surface area contributed by atoms with E-state index in [1.807, 2.05) is 50.2 Å². The molecule has 3 N–H and O–H groups in total. The van der Waals surface area contributed by atoms with Gasteiger partial charge in [0.2, 0.25) is 5.90 Å². The number of nitrogens with zero attached hydrogens (tertiary/aromatic N) is 4. The van der Waals surface area contributed by atoms with E-state index in [9.17, 15) is 15.5 Å². The van der Waals surface area contributed by atoms with Gasteiger partial charge in [0.1, 0.15) is 6.04 Å². The number of likely N-dealkylation sites (tertiary alicyclic amines) is 1. The molecule has 2 fully saturated rings. The third-order valence-electron chi connectivity index (χ3n) is 10.5. The monoisotopic (exact) mass is 651 g/mol. The highest BCUT2D eigenvalue weighted by atomic mass is 16.5. The van der Waals surface area contributed by atoms with Gasteiger partial charge in [0.05, 0.1) is 11.5 Å². The molecule has 1 heterocycles. The quantitative estimate of drug-likeness (QED) is 0.133. The number of rotatable bonds is 13. The van der Waals surface area contributed by atoms with Crippen molar-refractivity contribution in [2.75, 3.05) is 34.7 Å². The van der Waals surface area contributed by atoms with Crippen LogP contribution in [0.25, 0.3) is 0 Å². The van der Waals surface area contributed by atoms with Crippen molar-refractivity contribution in [1.82, 2.24) is 20.0 Å². The van der Waals surface area contributed by atoms with E-state index >= 15 is 0 Å². The molecule has 3 aliphatic rings. The van der Waals surface area contributed by atoms with Crippen molar-refractivity contribution >= 4 is 18.2 Å². The third kappa shape index (κ3) is 6.77. The summed E-state index contributed by atoms with van der Waals surface area (Å²) < 4.78 is 5.75. The second-order valence-electron chi connectivity index (χ2n) is 14.2. The maximum absolute atomic E-state index is 13.1. The molecule has 0 aromatic heterocycles. The number of amides is 1. The lowest BCUT2D eigenvalue weighted by atomic mass is 9.65. The molecule has 6 atom stereocenters. The summed E-state index contributed by atoms with van der Waals surface area (Å²) in [6.45, 7) is 21.9. The fourth-order valence-electron chi connectivity index (χ4n) is 8.01. The normalized spacial score (nSPS) is 25.1. The summed E-state index contributed by atoms with van der Waals surface area (Å²) in [5.74, 6) is 0.983. The number of nitriles is 1. The van der Waals surface area contributed by atoms with E-state index in [4.69, 9.17) is 10.1 Å². The Hall–Kier alpha value is -4.42. The molecule has 0 spiro atoms. The number of piperidine rings is 1. The van der Waals surface area contributed by atoms with Crippen molar-refractivity contribution < 1.29 is 9.53 Å². The highest BCUT2D eigenvalue weighted by Crippen LogP contribution is 2.54. The SMILES string of the molecule is C=C(/C=C(/C)C1=C(C)CCc2cc(C(=O)N(C)C)ccc2C1(C[C@@H](C)NCC(=C)N1C(C#N)CC2C(C)C21)C(=N)OC=N)C(=C)N(C)C. The van der Waals surface area contributed by atoms with Crippen LogP contribution in [0, 0.1) is 34.0 Å². The lowest BCUT2D eigenvalue weighted by Crippen LogP contribution is -2.46. The average molecular weight is 652 g/mol. The molecule has 0 radical (unpaired) electrons. The first-order valence-corrected chi connectivity index (χ1v) is 16.7. The summed E-state index contributed by atoms with van der Waals surface area (Å²) in [7, 11) is 7.34. The molecule has 1 amide bonds. The van der Waals surface area contributed by atoms with E-state index in [-0.39, 0.29) is 23.9 Å².